The van der Waals surface area contributed by atoms with Gasteiger partial charge in [0.1, 0.15) is 18.2 Å². The third-order valence-electron chi connectivity index (χ3n) is 5.90. The van der Waals surface area contributed by atoms with Gasteiger partial charge >= 0.3 is 0 Å². The minimum atomic E-state index is 0.855. The van der Waals surface area contributed by atoms with Crippen molar-refractivity contribution in [1.82, 2.24) is 19.1 Å². The quantitative estimate of drug-likeness (QED) is 0.344. The van der Waals surface area contributed by atoms with Gasteiger partial charge in [0, 0.05) is 16.5 Å². The van der Waals surface area contributed by atoms with E-state index >= 15 is 0 Å². The zero-order valence-electron chi connectivity index (χ0n) is 16.4. The molecule has 3 heterocycles. The number of nitrogens with zero attached hydrogens (tertiary/aromatic N) is 4. The molecule has 4 aromatic carbocycles. The Bertz CT molecular complexity index is 1750. The first-order valence-electron chi connectivity index (χ1n) is 10.2. The van der Waals surface area contributed by atoms with Crippen molar-refractivity contribution in [3.8, 4) is 11.4 Å². The molecule has 0 saturated carbocycles. The maximum atomic E-state index is 6.34. The minimum absolute atomic E-state index is 0.855. The molecule has 0 fully saturated rings. The molecule has 0 spiro atoms. The lowest BCUT2D eigenvalue weighted by Gasteiger charge is -2.05. The lowest BCUT2D eigenvalue weighted by Crippen LogP contribution is -1.92. The molecule has 0 aliphatic rings. The van der Waals surface area contributed by atoms with Crippen LogP contribution < -0.4 is 0 Å². The number of rotatable bonds is 2. The van der Waals surface area contributed by atoms with E-state index in [0.717, 1.165) is 55.4 Å². The van der Waals surface area contributed by atoms with Crippen molar-refractivity contribution in [2.45, 2.75) is 0 Å². The topological polar surface area (TPSA) is 48.8 Å². The van der Waals surface area contributed by atoms with Gasteiger partial charge in [-0.25, -0.2) is 9.97 Å². The molecule has 0 atom stereocenters. The van der Waals surface area contributed by atoms with Crippen molar-refractivity contribution in [3.63, 3.8) is 0 Å². The van der Waals surface area contributed by atoms with Crippen LogP contribution in [0.25, 0.3) is 55.4 Å². The third kappa shape index (κ3) is 2.31. The fraction of sp³-hybridized carbons (Fsp3) is 0. The molecule has 31 heavy (non-hydrogen) atoms. The molecule has 5 nitrogen and oxygen atoms in total. The third-order valence-corrected chi connectivity index (χ3v) is 5.90. The molecular weight excluding hydrogens is 384 g/mol. The number of imidazole rings is 2. The Hall–Kier alpha value is -4.38. The second-order valence-electron chi connectivity index (χ2n) is 7.64. The average molecular weight is 400 g/mol. The van der Waals surface area contributed by atoms with Crippen molar-refractivity contribution in [2.75, 3.05) is 0 Å². The summed E-state index contributed by atoms with van der Waals surface area (Å²) in [5.41, 5.74) is 7.84. The van der Waals surface area contributed by atoms with Crippen LogP contribution in [0.1, 0.15) is 0 Å². The molecule has 0 aliphatic carbocycles. The summed E-state index contributed by atoms with van der Waals surface area (Å²) < 4.78 is 10.5. The first-order chi connectivity index (χ1) is 15.4. The number of furan rings is 1. The van der Waals surface area contributed by atoms with E-state index in [0.29, 0.717) is 0 Å². The van der Waals surface area contributed by atoms with E-state index < -0.39 is 0 Å². The van der Waals surface area contributed by atoms with E-state index in [2.05, 4.69) is 61.6 Å². The number of hydrogen-bond acceptors (Lipinski definition) is 3. The molecular formula is C26H16N4O. The Morgan fingerprint density at radius 2 is 1.32 bits per heavy atom. The van der Waals surface area contributed by atoms with Gasteiger partial charge in [0.2, 0.25) is 0 Å². The maximum Gasteiger partial charge on any atom is 0.159 e. The van der Waals surface area contributed by atoms with E-state index in [1.807, 2.05) is 55.1 Å². The Morgan fingerprint density at radius 3 is 2.13 bits per heavy atom. The van der Waals surface area contributed by atoms with Gasteiger partial charge in [-0.15, -0.1) is 0 Å². The average Bonchev–Trinajstić information content (AvgIpc) is 3.53. The monoisotopic (exact) mass is 400 g/mol. The summed E-state index contributed by atoms with van der Waals surface area (Å²) in [7, 11) is 0. The van der Waals surface area contributed by atoms with Crippen molar-refractivity contribution in [3.05, 3.63) is 97.6 Å². The summed E-state index contributed by atoms with van der Waals surface area (Å²) in [6.07, 6.45) is 3.73. The largest absolute Gasteiger partial charge is 0.454 e. The molecule has 0 unspecified atom stereocenters. The van der Waals surface area contributed by atoms with Crippen LogP contribution in [0, 0.1) is 0 Å². The van der Waals surface area contributed by atoms with Gasteiger partial charge in [-0.3, -0.25) is 9.13 Å². The van der Waals surface area contributed by atoms with Gasteiger partial charge in [0.25, 0.3) is 0 Å². The van der Waals surface area contributed by atoms with Crippen molar-refractivity contribution >= 4 is 44.0 Å². The number of aromatic nitrogens is 4. The van der Waals surface area contributed by atoms with E-state index in [9.17, 15) is 0 Å². The van der Waals surface area contributed by atoms with Crippen LogP contribution in [0.4, 0.5) is 0 Å². The molecule has 0 amide bonds. The fourth-order valence-corrected chi connectivity index (χ4v) is 4.43. The summed E-state index contributed by atoms with van der Waals surface area (Å²) in [6, 6.07) is 28.8. The highest BCUT2D eigenvalue weighted by Crippen LogP contribution is 2.35. The summed E-state index contributed by atoms with van der Waals surface area (Å²) in [5, 5.41) is 2.16. The second-order valence-corrected chi connectivity index (χ2v) is 7.64. The smallest absolute Gasteiger partial charge is 0.159 e. The Kier molecular flexibility index (Phi) is 3.21. The van der Waals surface area contributed by atoms with Crippen LogP contribution in [-0.2, 0) is 0 Å². The SMILES string of the molecule is c1ccc2c(c1)ncn2-c1ccc2oc3c(-n4cnc5ccccc54)cccc3c2c1. The molecule has 0 saturated heterocycles. The number of benzene rings is 4. The molecule has 0 radical (unpaired) electrons. The van der Waals surface area contributed by atoms with Crippen LogP contribution in [-0.4, -0.2) is 19.1 Å². The normalized spacial score (nSPS) is 11.9. The van der Waals surface area contributed by atoms with Crippen LogP contribution >= 0.6 is 0 Å². The Morgan fingerprint density at radius 1 is 0.613 bits per heavy atom. The van der Waals surface area contributed by atoms with Crippen molar-refractivity contribution < 1.29 is 4.42 Å². The Labute approximate surface area is 176 Å². The zero-order chi connectivity index (χ0) is 20.4. The van der Waals surface area contributed by atoms with Gasteiger partial charge < -0.3 is 4.42 Å². The summed E-state index contributed by atoms with van der Waals surface area (Å²) in [5.74, 6) is 0. The molecule has 3 aromatic heterocycles. The molecule has 0 bridgehead atoms. The van der Waals surface area contributed by atoms with Crippen LogP contribution in [0.5, 0.6) is 0 Å². The number of fused-ring (bicyclic) bond motifs is 5. The number of para-hydroxylation sites is 5. The lowest BCUT2D eigenvalue weighted by atomic mass is 10.1. The van der Waals surface area contributed by atoms with Gasteiger partial charge in [0.05, 0.1) is 27.8 Å². The number of hydrogen-bond donors (Lipinski definition) is 0. The van der Waals surface area contributed by atoms with Crippen molar-refractivity contribution in [2.24, 2.45) is 0 Å². The highest BCUT2D eigenvalue weighted by Gasteiger charge is 2.15. The fourth-order valence-electron chi connectivity index (χ4n) is 4.43. The zero-order valence-corrected chi connectivity index (χ0v) is 16.4. The minimum Gasteiger partial charge on any atom is -0.454 e. The molecule has 0 N–H and O–H groups in total. The predicted molar refractivity (Wildman–Crippen MR) is 123 cm³/mol. The standard InChI is InChI=1S/C26H16N4O/c1-3-9-22-20(7-1)27-15-29(22)17-12-13-25-19(14-17)18-6-5-11-24(26(18)31-25)30-16-28-21-8-2-4-10-23(21)30/h1-16H. The van der Waals surface area contributed by atoms with E-state index in [1.54, 1.807) is 0 Å². The van der Waals surface area contributed by atoms with Crippen LogP contribution in [0.3, 0.4) is 0 Å². The summed E-state index contributed by atoms with van der Waals surface area (Å²) >= 11 is 0. The van der Waals surface area contributed by atoms with E-state index in [4.69, 9.17) is 4.42 Å². The highest BCUT2D eigenvalue weighted by atomic mass is 16.3. The summed E-state index contributed by atoms with van der Waals surface area (Å²) in [4.78, 5) is 9.07. The van der Waals surface area contributed by atoms with Gasteiger partial charge in [-0.05, 0) is 48.5 Å². The molecule has 7 aromatic rings. The van der Waals surface area contributed by atoms with Crippen LogP contribution in [0.15, 0.2) is 102 Å². The first-order valence-corrected chi connectivity index (χ1v) is 10.2. The highest BCUT2D eigenvalue weighted by molar-refractivity contribution is 6.08. The summed E-state index contributed by atoms with van der Waals surface area (Å²) in [6.45, 7) is 0. The second kappa shape index (κ2) is 6.06. The Balaban J connectivity index is 1.48. The van der Waals surface area contributed by atoms with Gasteiger partial charge in [-0.1, -0.05) is 36.4 Å². The van der Waals surface area contributed by atoms with E-state index in [-0.39, 0.29) is 0 Å². The van der Waals surface area contributed by atoms with Gasteiger partial charge in [-0.2, -0.15) is 0 Å². The first kappa shape index (κ1) is 16.4. The van der Waals surface area contributed by atoms with Gasteiger partial charge in [0.15, 0.2) is 5.58 Å². The maximum absolute atomic E-state index is 6.34. The molecule has 5 heteroatoms. The lowest BCUT2D eigenvalue weighted by molar-refractivity contribution is 0.665. The molecule has 146 valence electrons. The van der Waals surface area contributed by atoms with E-state index in [1.165, 1.54) is 0 Å². The predicted octanol–water partition coefficient (Wildman–Crippen LogP) is 6.26. The van der Waals surface area contributed by atoms with Crippen molar-refractivity contribution in [1.29, 1.82) is 0 Å². The molecule has 0 aliphatic heterocycles. The van der Waals surface area contributed by atoms with Crippen LogP contribution in [0.2, 0.25) is 0 Å². The molecule has 7 rings (SSSR count).